The summed E-state index contributed by atoms with van der Waals surface area (Å²) in [6.07, 6.45) is 6.88. The van der Waals surface area contributed by atoms with Crippen LogP contribution in [0.15, 0.2) is 34.2 Å². The van der Waals surface area contributed by atoms with Crippen LogP contribution in [0.1, 0.15) is 31.9 Å². The Morgan fingerprint density at radius 1 is 1.63 bits per heavy atom. The van der Waals surface area contributed by atoms with Gasteiger partial charge in [-0.2, -0.15) is 0 Å². The predicted molar refractivity (Wildman–Crippen MR) is 74.3 cm³/mol. The van der Waals surface area contributed by atoms with Gasteiger partial charge in [0.1, 0.15) is 18.6 Å². The summed E-state index contributed by atoms with van der Waals surface area (Å²) in [6, 6.07) is 1.93. The predicted octanol–water partition coefficient (Wildman–Crippen LogP) is 2.48. The summed E-state index contributed by atoms with van der Waals surface area (Å²) < 4.78 is 10.6. The van der Waals surface area contributed by atoms with E-state index in [1.807, 2.05) is 0 Å². The molecule has 104 valence electrons. The molecule has 0 aliphatic heterocycles. The molecule has 0 amide bonds. The van der Waals surface area contributed by atoms with Gasteiger partial charge in [0.05, 0.1) is 6.54 Å². The Labute approximate surface area is 113 Å². The summed E-state index contributed by atoms with van der Waals surface area (Å²) in [5.41, 5.74) is -0.153. The first-order valence-corrected chi connectivity index (χ1v) is 6.78. The first-order chi connectivity index (χ1) is 9.19. The largest absolute Gasteiger partial charge is 0.482 e. The molecule has 0 spiro atoms. The highest BCUT2D eigenvalue weighted by Gasteiger charge is 2.23. The standard InChI is InChI=1S/C15H21NO3/c1-3-6-18-15-10-19-13(8-14(15)17)9-16-11(2)7-12-4-5-12/h3,8,10-12,16H,1,4-7,9H2,2H3. The fourth-order valence-corrected chi connectivity index (χ4v) is 2.00. The van der Waals surface area contributed by atoms with Crippen molar-refractivity contribution in [1.82, 2.24) is 5.32 Å². The van der Waals surface area contributed by atoms with Gasteiger partial charge in [0, 0.05) is 12.1 Å². The van der Waals surface area contributed by atoms with E-state index in [1.54, 1.807) is 6.08 Å². The Hall–Kier alpha value is -1.55. The van der Waals surface area contributed by atoms with Gasteiger partial charge in [0.25, 0.3) is 0 Å². The van der Waals surface area contributed by atoms with Crippen LogP contribution >= 0.6 is 0 Å². The summed E-state index contributed by atoms with van der Waals surface area (Å²) in [4.78, 5) is 11.7. The van der Waals surface area contributed by atoms with Gasteiger partial charge in [-0.25, -0.2) is 0 Å². The minimum absolute atomic E-state index is 0.153. The molecule has 1 atom stereocenters. The monoisotopic (exact) mass is 263 g/mol. The normalized spacial score (nSPS) is 16.1. The van der Waals surface area contributed by atoms with E-state index in [9.17, 15) is 4.79 Å². The molecule has 1 aromatic heterocycles. The molecule has 4 nitrogen and oxygen atoms in total. The van der Waals surface area contributed by atoms with E-state index in [4.69, 9.17) is 9.15 Å². The zero-order valence-corrected chi connectivity index (χ0v) is 11.4. The second-order valence-corrected chi connectivity index (χ2v) is 5.14. The molecule has 0 bridgehead atoms. The van der Waals surface area contributed by atoms with Crippen LogP contribution in [0.4, 0.5) is 0 Å². The van der Waals surface area contributed by atoms with E-state index in [-0.39, 0.29) is 11.2 Å². The topological polar surface area (TPSA) is 51.5 Å². The van der Waals surface area contributed by atoms with Crippen molar-refractivity contribution in [3.63, 3.8) is 0 Å². The quantitative estimate of drug-likeness (QED) is 0.732. The minimum atomic E-state index is -0.153. The van der Waals surface area contributed by atoms with Crippen molar-refractivity contribution in [3.8, 4) is 5.75 Å². The van der Waals surface area contributed by atoms with Crippen molar-refractivity contribution in [3.05, 3.63) is 41.0 Å². The maximum atomic E-state index is 11.7. The molecule has 1 aliphatic carbocycles. The maximum Gasteiger partial charge on any atom is 0.227 e. The van der Waals surface area contributed by atoms with Crippen LogP contribution in [0, 0.1) is 5.92 Å². The number of ether oxygens (including phenoxy) is 1. The Balaban J connectivity index is 1.84. The van der Waals surface area contributed by atoms with Crippen molar-refractivity contribution in [2.24, 2.45) is 5.92 Å². The highest BCUT2D eigenvalue weighted by molar-refractivity contribution is 5.17. The third kappa shape index (κ3) is 4.56. The number of hydrogen-bond acceptors (Lipinski definition) is 4. The summed E-state index contributed by atoms with van der Waals surface area (Å²) in [5, 5.41) is 3.37. The van der Waals surface area contributed by atoms with E-state index in [0.717, 1.165) is 5.92 Å². The Bertz CT molecular complexity index is 477. The van der Waals surface area contributed by atoms with Crippen LogP contribution in [0.25, 0.3) is 0 Å². The lowest BCUT2D eigenvalue weighted by atomic mass is 10.1. The van der Waals surface area contributed by atoms with E-state index in [0.29, 0.717) is 25.0 Å². The first kappa shape index (κ1) is 13.9. The van der Waals surface area contributed by atoms with Crippen molar-refractivity contribution in [1.29, 1.82) is 0 Å². The van der Waals surface area contributed by atoms with Gasteiger partial charge in [0.2, 0.25) is 11.2 Å². The van der Waals surface area contributed by atoms with Gasteiger partial charge in [-0.05, 0) is 19.3 Å². The molecular formula is C15H21NO3. The van der Waals surface area contributed by atoms with Crippen LogP contribution in [0.3, 0.4) is 0 Å². The minimum Gasteiger partial charge on any atom is -0.482 e. The molecule has 1 fully saturated rings. The van der Waals surface area contributed by atoms with E-state index >= 15 is 0 Å². The first-order valence-electron chi connectivity index (χ1n) is 6.78. The summed E-state index contributed by atoms with van der Waals surface area (Å²) in [5.74, 6) is 1.76. The molecule has 1 heterocycles. The average molecular weight is 263 g/mol. The van der Waals surface area contributed by atoms with E-state index in [2.05, 4.69) is 18.8 Å². The smallest absolute Gasteiger partial charge is 0.227 e. The maximum absolute atomic E-state index is 11.7. The zero-order valence-electron chi connectivity index (χ0n) is 11.4. The van der Waals surface area contributed by atoms with Crippen molar-refractivity contribution >= 4 is 0 Å². The van der Waals surface area contributed by atoms with E-state index in [1.165, 1.54) is 31.6 Å². The van der Waals surface area contributed by atoms with Gasteiger partial charge >= 0.3 is 0 Å². The summed E-state index contributed by atoms with van der Waals surface area (Å²) in [6.45, 7) is 6.58. The summed E-state index contributed by atoms with van der Waals surface area (Å²) in [7, 11) is 0. The molecule has 1 saturated carbocycles. The van der Waals surface area contributed by atoms with Gasteiger partial charge in [-0.3, -0.25) is 4.79 Å². The number of hydrogen-bond donors (Lipinski definition) is 1. The fraction of sp³-hybridized carbons (Fsp3) is 0.533. The molecular weight excluding hydrogens is 242 g/mol. The van der Waals surface area contributed by atoms with Gasteiger partial charge in [-0.15, -0.1) is 0 Å². The molecule has 4 heteroatoms. The van der Waals surface area contributed by atoms with Crippen LogP contribution in [-0.2, 0) is 6.54 Å². The fourth-order valence-electron chi connectivity index (χ4n) is 2.00. The van der Waals surface area contributed by atoms with Crippen LogP contribution < -0.4 is 15.5 Å². The molecule has 1 N–H and O–H groups in total. The van der Waals surface area contributed by atoms with E-state index < -0.39 is 0 Å². The molecule has 1 unspecified atom stereocenters. The second-order valence-electron chi connectivity index (χ2n) is 5.14. The lowest BCUT2D eigenvalue weighted by Crippen LogP contribution is -2.26. The molecule has 0 saturated heterocycles. The Kier molecular flexibility index (Phi) is 4.80. The summed E-state index contributed by atoms with van der Waals surface area (Å²) >= 11 is 0. The highest BCUT2D eigenvalue weighted by atomic mass is 16.5. The van der Waals surface area contributed by atoms with Gasteiger partial charge in [-0.1, -0.05) is 25.5 Å². The SMILES string of the molecule is C=CCOc1coc(CNC(C)CC2CC2)cc1=O. The lowest BCUT2D eigenvalue weighted by molar-refractivity contribution is 0.335. The highest BCUT2D eigenvalue weighted by Crippen LogP contribution is 2.33. The van der Waals surface area contributed by atoms with Gasteiger partial charge < -0.3 is 14.5 Å². The molecule has 1 aliphatic rings. The van der Waals surface area contributed by atoms with Crippen LogP contribution in [0.2, 0.25) is 0 Å². The van der Waals surface area contributed by atoms with Crippen LogP contribution in [0.5, 0.6) is 5.75 Å². The molecule has 0 aromatic carbocycles. The Morgan fingerprint density at radius 3 is 3.05 bits per heavy atom. The Morgan fingerprint density at radius 2 is 2.42 bits per heavy atom. The third-order valence-corrected chi connectivity index (χ3v) is 3.22. The third-order valence-electron chi connectivity index (χ3n) is 3.22. The van der Waals surface area contributed by atoms with Crippen molar-refractivity contribution in [2.75, 3.05) is 6.61 Å². The lowest BCUT2D eigenvalue weighted by Gasteiger charge is -2.12. The molecule has 0 radical (unpaired) electrons. The zero-order chi connectivity index (χ0) is 13.7. The molecule has 19 heavy (non-hydrogen) atoms. The van der Waals surface area contributed by atoms with Crippen LogP contribution in [-0.4, -0.2) is 12.6 Å². The molecule has 1 aromatic rings. The van der Waals surface area contributed by atoms with Crippen molar-refractivity contribution < 1.29 is 9.15 Å². The van der Waals surface area contributed by atoms with Crippen molar-refractivity contribution in [2.45, 2.75) is 38.8 Å². The second kappa shape index (κ2) is 6.57. The van der Waals surface area contributed by atoms with Gasteiger partial charge in [0.15, 0.2) is 0 Å². The molecule has 2 rings (SSSR count). The number of rotatable bonds is 8. The number of nitrogens with one attached hydrogen (secondary N) is 1. The average Bonchev–Trinajstić information content (AvgIpc) is 3.19.